The van der Waals surface area contributed by atoms with Crippen molar-refractivity contribution in [2.24, 2.45) is 0 Å². The molecule has 0 bridgehead atoms. The third kappa shape index (κ3) is 3.27. The molecule has 5 nitrogen and oxygen atoms in total. The Hall–Kier alpha value is -1.63. The van der Waals surface area contributed by atoms with E-state index in [0.29, 0.717) is 18.5 Å². The number of rotatable bonds is 2. The molecule has 1 saturated heterocycles. The van der Waals surface area contributed by atoms with Crippen LogP contribution >= 0.6 is 0 Å². The van der Waals surface area contributed by atoms with Crippen LogP contribution in [0.3, 0.4) is 0 Å². The zero-order valence-electron chi connectivity index (χ0n) is 11.1. The smallest absolute Gasteiger partial charge is 0.254 e. The zero-order chi connectivity index (χ0) is 14.9. The lowest BCUT2D eigenvalue weighted by Gasteiger charge is -2.23. The van der Waals surface area contributed by atoms with Gasteiger partial charge in [0.15, 0.2) is 9.84 Å². The first-order chi connectivity index (χ1) is 9.28. The lowest BCUT2D eigenvalue weighted by atomic mass is 10.1. The minimum atomic E-state index is -3.12. The number of nitrogens with two attached hydrogens (primary N) is 1. The summed E-state index contributed by atoms with van der Waals surface area (Å²) in [6, 6.07) is 2.23. The van der Waals surface area contributed by atoms with Crippen LogP contribution in [0, 0.1) is 12.7 Å². The molecule has 0 saturated carbocycles. The quantitative estimate of drug-likeness (QED) is 0.798. The molecule has 110 valence electrons. The van der Waals surface area contributed by atoms with E-state index < -0.39 is 27.6 Å². The van der Waals surface area contributed by atoms with Crippen molar-refractivity contribution in [3.8, 4) is 0 Å². The Balaban J connectivity index is 2.17. The normalized spacial score (nSPS) is 21.4. The van der Waals surface area contributed by atoms with Gasteiger partial charge in [0.25, 0.3) is 5.91 Å². The summed E-state index contributed by atoms with van der Waals surface area (Å²) in [6.07, 6.45) is 1.08. The number of halogens is 1. The fraction of sp³-hybridized carbons (Fsp3) is 0.462. The van der Waals surface area contributed by atoms with Gasteiger partial charge in [-0.2, -0.15) is 0 Å². The van der Waals surface area contributed by atoms with Gasteiger partial charge in [0.2, 0.25) is 0 Å². The van der Waals surface area contributed by atoms with Gasteiger partial charge in [0, 0.05) is 11.7 Å². The molecule has 0 radical (unpaired) electrons. The molecule has 1 unspecified atom stereocenters. The lowest BCUT2D eigenvalue weighted by molar-refractivity contribution is 0.0934. The maximum atomic E-state index is 13.9. The van der Waals surface area contributed by atoms with Gasteiger partial charge in [-0.05, 0) is 37.5 Å². The Kier molecular flexibility index (Phi) is 3.99. The highest BCUT2D eigenvalue weighted by molar-refractivity contribution is 7.91. The predicted molar refractivity (Wildman–Crippen MR) is 74.7 cm³/mol. The van der Waals surface area contributed by atoms with E-state index >= 15 is 0 Å². The van der Waals surface area contributed by atoms with Crippen molar-refractivity contribution < 1.29 is 17.6 Å². The third-order valence-electron chi connectivity index (χ3n) is 3.32. The second kappa shape index (κ2) is 5.40. The van der Waals surface area contributed by atoms with Crippen molar-refractivity contribution in [1.82, 2.24) is 5.32 Å². The number of anilines is 1. The molecule has 3 N–H and O–H groups in total. The zero-order valence-corrected chi connectivity index (χ0v) is 12.0. The van der Waals surface area contributed by atoms with E-state index in [1.807, 2.05) is 0 Å². The maximum Gasteiger partial charge on any atom is 0.254 e. The van der Waals surface area contributed by atoms with Crippen LogP contribution in [0.2, 0.25) is 0 Å². The summed E-state index contributed by atoms with van der Waals surface area (Å²) in [5.41, 5.74) is 6.03. The molecule has 1 aromatic carbocycles. The van der Waals surface area contributed by atoms with Gasteiger partial charge in [-0.1, -0.05) is 0 Å². The molecule has 0 spiro atoms. The first-order valence-corrected chi connectivity index (χ1v) is 8.17. The Morgan fingerprint density at radius 3 is 2.80 bits per heavy atom. The van der Waals surface area contributed by atoms with Gasteiger partial charge in [0.1, 0.15) is 5.82 Å². The first-order valence-electron chi connectivity index (χ1n) is 6.35. The minimum absolute atomic E-state index is 0.0956. The first kappa shape index (κ1) is 14.8. The molecule has 1 aliphatic heterocycles. The van der Waals surface area contributed by atoms with E-state index in [1.165, 1.54) is 19.1 Å². The SMILES string of the molecule is Cc1cc(N)cc(C(=O)NC2CCCS(=O)(=O)C2)c1F. The van der Waals surface area contributed by atoms with E-state index in [0.717, 1.165) is 0 Å². The Labute approximate surface area is 117 Å². The molecule has 1 fully saturated rings. The molecule has 7 heteroatoms. The van der Waals surface area contributed by atoms with E-state index in [1.54, 1.807) is 0 Å². The molecule has 1 heterocycles. The number of amides is 1. The number of hydrogen-bond acceptors (Lipinski definition) is 4. The van der Waals surface area contributed by atoms with Gasteiger partial charge < -0.3 is 11.1 Å². The molecular formula is C13H17FN2O3S. The second-order valence-corrected chi connectivity index (χ2v) is 7.36. The van der Waals surface area contributed by atoms with E-state index in [2.05, 4.69) is 5.32 Å². The summed E-state index contributed by atoms with van der Waals surface area (Å²) >= 11 is 0. The van der Waals surface area contributed by atoms with E-state index in [9.17, 15) is 17.6 Å². The molecular weight excluding hydrogens is 283 g/mol. The summed E-state index contributed by atoms with van der Waals surface area (Å²) in [7, 11) is -3.12. The number of nitrogens with one attached hydrogen (secondary N) is 1. The number of aryl methyl sites for hydroxylation is 1. The summed E-state index contributed by atoms with van der Waals surface area (Å²) < 4.78 is 36.9. The number of nitrogen functional groups attached to an aromatic ring is 1. The van der Waals surface area contributed by atoms with Crippen LogP contribution in [0.4, 0.5) is 10.1 Å². The number of sulfone groups is 1. The number of carbonyl (C=O) groups is 1. The van der Waals surface area contributed by atoms with Gasteiger partial charge in [0.05, 0.1) is 17.1 Å². The Morgan fingerprint density at radius 1 is 1.45 bits per heavy atom. The van der Waals surface area contributed by atoms with Gasteiger partial charge >= 0.3 is 0 Å². The summed E-state index contributed by atoms with van der Waals surface area (Å²) in [6.45, 7) is 1.52. The van der Waals surface area contributed by atoms with Crippen molar-refractivity contribution >= 4 is 21.4 Å². The van der Waals surface area contributed by atoms with Crippen LogP contribution in [0.15, 0.2) is 12.1 Å². The predicted octanol–water partition coefficient (Wildman–Crippen LogP) is 1.02. The summed E-state index contributed by atoms with van der Waals surface area (Å²) in [4.78, 5) is 12.0. The highest BCUT2D eigenvalue weighted by Crippen LogP contribution is 2.18. The van der Waals surface area contributed by atoms with Crippen molar-refractivity contribution in [2.45, 2.75) is 25.8 Å². The van der Waals surface area contributed by atoms with Crippen molar-refractivity contribution in [2.75, 3.05) is 17.2 Å². The monoisotopic (exact) mass is 300 g/mol. The number of hydrogen-bond donors (Lipinski definition) is 2. The van der Waals surface area contributed by atoms with Crippen molar-refractivity contribution in [3.63, 3.8) is 0 Å². The highest BCUT2D eigenvalue weighted by atomic mass is 32.2. The lowest BCUT2D eigenvalue weighted by Crippen LogP contribution is -2.43. The van der Waals surface area contributed by atoms with Gasteiger partial charge in [-0.3, -0.25) is 4.79 Å². The molecule has 1 atom stereocenters. The molecule has 0 aliphatic carbocycles. The molecule has 1 aromatic rings. The van der Waals surface area contributed by atoms with E-state index in [4.69, 9.17) is 5.73 Å². The van der Waals surface area contributed by atoms with Crippen LogP contribution in [-0.2, 0) is 9.84 Å². The molecule has 1 amide bonds. The van der Waals surface area contributed by atoms with Crippen LogP contribution in [0.25, 0.3) is 0 Å². The molecule has 20 heavy (non-hydrogen) atoms. The minimum Gasteiger partial charge on any atom is -0.399 e. The maximum absolute atomic E-state index is 13.9. The summed E-state index contributed by atoms with van der Waals surface area (Å²) in [5, 5.41) is 2.57. The van der Waals surface area contributed by atoms with Crippen LogP contribution < -0.4 is 11.1 Å². The fourth-order valence-corrected chi connectivity index (χ4v) is 4.00. The van der Waals surface area contributed by atoms with Gasteiger partial charge in [-0.15, -0.1) is 0 Å². The molecule has 1 aliphatic rings. The van der Waals surface area contributed by atoms with Crippen LogP contribution in [0.5, 0.6) is 0 Å². The number of benzene rings is 1. The van der Waals surface area contributed by atoms with Gasteiger partial charge in [-0.25, -0.2) is 12.8 Å². The van der Waals surface area contributed by atoms with Crippen molar-refractivity contribution in [1.29, 1.82) is 0 Å². The average molecular weight is 300 g/mol. The Bertz CT molecular complexity index is 643. The topological polar surface area (TPSA) is 89.3 Å². The highest BCUT2D eigenvalue weighted by Gasteiger charge is 2.27. The third-order valence-corrected chi connectivity index (χ3v) is 5.14. The largest absolute Gasteiger partial charge is 0.399 e. The van der Waals surface area contributed by atoms with Crippen molar-refractivity contribution in [3.05, 3.63) is 29.1 Å². The van der Waals surface area contributed by atoms with E-state index in [-0.39, 0.29) is 22.6 Å². The standard InChI is InChI=1S/C13H17FN2O3S/c1-8-5-9(15)6-11(12(8)14)13(17)16-10-3-2-4-20(18,19)7-10/h5-6,10H,2-4,7,15H2,1H3,(H,16,17). The molecule has 2 rings (SSSR count). The molecule has 0 aromatic heterocycles. The average Bonchev–Trinajstić information content (AvgIpc) is 2.32. The van der Waals surface area contributed by atoms with Crippen LogP contribution in [0.1, 0.15) is 28.8 Å². The number of carbonyl (C=O) groups excluding carboxylic acids is 1. The fourth-order valence-electron chi connectivity index (χ4n) is 2.36. The summed E-state index contributed by atoms with van der Waals surface area (Å²) in [5.74, 6) is -1.21. The second-order valence-electron chi connectivity index (χ2n) is 5.13. The van der Waals surface area contributed by atoms with Crippen LogP contribution in [-0.4, -0.2) is 31.9 Å². The Morgan fingerprint density at radius 2 is 2.15 bits per heavy atom.